The maximum atomic E-state index is 10.4. The van der Waals surface area contributed by atoms with Crippen molar-refractivity contribution in [1.29, 1.82) is 0 Å². The number of rotatable bonds is 8. The van der Waals surface area contributed by atoms with Crippen molar-refractivity contribution in [2.45, 2.75) is 6.92 Å². The summed E-state index contributed by atoms with van der Waals surface area (Å²) in [6, 6.07) is 0. The first kappa shape index (κ1) is 12.5. The molecule has 13 heavy (non-hydrogen) atoms. The van der Waals surface area contributed by atoms with Crippen LogP contribution in [-0.2, 0) is 4.79 Å². The fourth-order valence-electron chi connectivity index (χ4n) is 0.717. The van der Waals surface area contributed by atoms with E-state index >= 15 is 0 Å². The van der Waals surface area contributed by atoms with Crippen molar-refractivity contribution in [2.24, 2.45) is 5.92 Å². The van der Waals surface area contributed by atoms with Crippen LogP contribution in [0.3, 0.4) is 0 Å². The first-order valence-corrected chi connectivity index (χ1v) is 5.46. The van der Waals surface area contributed by atoms with Gasteiger partial charge in [-0.05, 0) is 0 Å². The van der Waals surface area contributed by atoms with E-state index in [0.29, 0.717) is 6.54 Å². The lowest BCUT2D eigenvalue weighted by atomic mass is 10.2. The minimum Gasteiger partial charge on any atom is -0.481 e. The van der Waals surface area contributed by atoms with Crippen LogP contribution in [0.2, 0.25) is 0 Å². The number of carboxylic acids is 1. The molecule has 0 aliphatic carbocycles. The Labute approximate surface area is 83.6 Å². The van der Waals surface area contributed by atoms with Gasteiger partial charge in [-0.15, -0.1) is 6.58 Å². The number of aliphatic carboxylic acids is 1. The molecule has 2 N–H and O–H groups in total. The van der Waals surface area contributed by atoms with Gasteiger partial charge in [0, 0.05) is 24.6 Å². The van der Waals surface area contributed by atoms with Crippen LogP contribution in [0.25, 0.3) is 0 Å². The second-order valence-corrected chi connectivity index (χ2v) is 3.96. The molecule has 1 atom stereocenters. The zero-order chi connectivity index (χ0) is 10.1. The maximum absolute atomic E-state index is 10.4. The van der Waals surface area contributed by atoms with Gasteiger partial charge in [0.2, 0.25) is 0 Å². The lowest BCUT2D eigenvalue weighted by Gasteiger charge is -2.07. The molecule has 0 aliphatic heterocycles. The van der Waals surface area contributed by atoms with Gasteiger partial charge in [0.1, 0.15) is 0 Å². The second kappa shape index (κ2) is 8.13. The van der Waals surface area contributed by atoms with E-state index in [2.05, 4.69) is 11.9 Å². The van der Waals surface area contributed by atoms with E-state index in [1.165, 1.54) is 0 Å². The van der Waals surface area contributed by atoms with Crippen LogP contribution in [-0.4, -0.2) is 35.7 Å². The van der Waals surface area contributed by atoms with Gasteiger partial charge >= 0.3 is 5.97 Å². The minimum absolute atomic E-state index is 0.301. The Kier molecular flexibility index (Phi) is 7.83. The summed E-state index contributed by atoms with van der Waals surface area (Å²) in [6.45, 7) is 6.71. The average Bonchev–Trinajstić information content (AvgIpc) is 2.10. The molecular formula is C9H17NO2S. The summed E-state index contributed by atoms with van der Waals surface area (Å²) >= 11 is 1.79. The van der Waals surface area contributed by atoms with E-state index in [1.54, 1.807) is 18.7 Å². The number of carbonyl (C=O) groups is 1. The first-order chi connectivity index (χ1) is 6.18. The highest BCUT2D eigenvalue weighted by molar-refractivity contribution is 7.99. The Balaban J connectivity index is 3.15. The Hall–Kier alpha value is -0.480. The molecule has 1 unspecified atom stereocenters. The van der Waals surface area contributed by atoms with Gasteiger partial charge in [-0.2, -0.15) is 11.8 Å². The van der Waals surface area contributed by atoms with Gasteiger partial charge in [-0.1, -0.05) is 13.0 Å². The molecule has 0 aromatic heterocycles. The quantitative estimate of drug-likeness (QED) is 0.460. The van der Waals surface area contributed by atoms with Crippen LogP contribution >= 0.6 is 11.8 Å². The zero-order valence-corrected chi connectivity index (χ0v) is 8.77. The molecular weight excluding hydrogens is 186 g/mol. The van der Waals surface area contributed by atoms with Crippen molar-refractivity contribution >= 4 is 17.7 Å². The van der Waals surface area contributed by atoms with E-state index in [1.807, 2.05) is 6.08 Å². The van der Waals surface area contributed by atoms with E-state index in [4.69, 9.17) is 5.11 Å². The summed E-state index contributed by atoms with van der Waals surface area (Å²) < 4.78 is 0. The molecule has 0 fully saturated rings. The fraction of sp³-hybridized carbons (Fsp3) is 0.667. The molecule has 3 nitrogen and oxygen atoms in total. The van der Waals surface area contributed by atoms with Crippen molar-refractivity contribution in [2.75, 3.05) is 24.6 Å². The van der Waals surface area contributed by atoms with Crippen molar-refractivity contribution in [3.05, 3.63) is 12.7 Å². The van der Waals surface area contributed by atoms with Crippen LogP contribution in [0.4, 0.5) is 0 Å². The third kappa shape index (κ3) is 7.87. The van der Waals surface area contributed by atoms with Crippen molar-refractivity contribution < 1.29 is 9.90 Å². The Morgan fingerprint density at radius 1 is 1.77 bits per heavy atom. The van der Waals surface area contributed by atoms with Gasteiger partial charge in [-0.3, -0.25) is 4.79 Å². The molecule has 0 saturated heterocycles. The number of hydrogen-bond acceptors (Lipinski definition) is 3. The van der Waals surface area contributed by atoms with E-state index in [-0.39, 0.29) is 5.92 Å². The predicted molar refractivity (Wildman–Crippen MR) is 57.2 cm³/mol. The molecule has 0 radical (unpaired) electrons. The standard InChI is InChI=1S/C9H17NO2S/c1-3-5-13-6-4-10-7-8(2)9(11)12/h3,8,10H,1,4-7H2,2H3,(H,11,12). The summed E-state index contributed by atoms with van der Waals surface area (Å²) in [5.41, 5.74) is 0. The molecule has 0 amide bonds. The van der Waals surface area contributed by atoms with Crippen molar-refractivity contribution in [1.82, 2.24) is 5.32 Å². The van der Waals surface area contributed by atoms with Crippen LogP contribution in [0.15, 0.2) is 12.7 Å². The van der Waals surface area contributed by atoms with Gasteiger partial charge in [0.15, 0.2) is 0 Å². The van der Waals surface area contributed by atoms with Gasteiger partial charge < -0.3 is 10.4 Å². The van der Waals surface area contributed by atoms with Gasteiger partial charge in [0.05, 0.1) is 5.92 Å². The summed E-state index contributed by atoms with van der Waals surface area (Å²) in [7, 11) is 0. The monoisotopic (exact) mass is 203 g/mol. The fourth-order valence-corrected chi connectivity index (χ4v) is 1.34. The normalized spacial score (nSPS) is 12.4. The lowest BCUT2D eigenvalue weighted by Crippen LogP contribution is -2.27. The largest absolute Gasteiger partial charge is 0.481 e. The van der Waals surface area contributed by atoms with Crippen molar-refractivity contribution in [3.8, 4) is 0 Å². The molecule has 0 aromatic carbocycles. The molecule has 0 aliphatic rings. The van der Waals surface area contributed by atoms with Gasteiger partial charge in [0.25, 0.3) is 0 Å². The smallest absolute Gasteiger partial charge is 0.307 e. The summed E-state index contributed by atoms with van der Waals surface area (Å²) in [6.07, 6.45) is 1.87. The summed E-state index contributed by atoms with van der Waals surface area (Å²) in [5.74, 6) is 0.907. The molecule has 0 spiro atoms. The van der Waals surface area contributed by atoms with Crippen LogP contribution < -0.4 is 5.32 Å². The molecule has 0 rings (SSSR count). The molecule has 4 heteroatoms. The predicted octanol–water partition coefficient (Wildman–Crippen LogP) is 1.22. The lowest BCUT2D eigenvalue weighted by molar-refractivity contribution is -0.140. The second-order valence-electron chi connectivity index (χ2n) is 2.81. The van der Waals surface area contributed by atoms with E-state index in [0.717, 1.165) is 18.1 Å². The Bertz CT molecular complexity index is 162. The highest BCUT2D eigenvalue weighted by Gasteiger charge is 2.08. The first-order valence-electron chi connectivity index (χ1n) is 4.30. The highest BCUT2D eigenvalue weighted by Crippen LogP contribution is 1.97. The topological polar surface area (TPSA) is 49.3 Å². The van der Waals surface area contributed by atoms with Crippen LogP contribution in [0.1, 0.15) is 6.92 Å². The van der Waals surface area contributed by atoms with E-state index < -0.39 is 5.97 Å². The zero-order valence-electron chi connectivity index (χ0n) is 7.95. The minimum atomic E-state index is -0.744. The Morgan fingerprint density at radius 2 is 2.46 bits per heavy atom. The molecule has 76 valence electrons. The molecule has 0 aromatic rings. The number of thioether (sulfide) groups is 1. The van der Waals surface area contributed by atoms with Gasteiger partial charge in [-0.25, -0.2) is 0 Å². The highest BCUT2D eigenvalue weighted by atomic mass is 32.2. The molecule has 0 bridgehead atoms. The molecule has 0 heterocycles. The third-order valence-corrected chi connectivity index (χ3v) is 2.50. The SMILES string of the molecule is C=CCSCCNCC(C)C(=O)O. The summed E-state index contributed by atoms with van der Waals surface area (Å²) in [5, 5.41) is 11.7. The number of hydrogen-bond donors (Lipinski definition) is 2. The van der Waals surface area contributed by atoms with Crippen LogP contribution in [0, 0.1) is 5.92 Å². The average molecular weight is 203 g/mol. The van der Waals surface area contributed by atoms with Crippen LogP contribution in [0.5, 0.6) is 0 Å². The third-order valence-electron chi connectivity index (χ3n) is 1.53. The Morgan fingerprint density at radius 3 is 3.00 bits per heavy atom. The van der Waals surface area contributed by atoms with E-state index in [9.17, 15) is 4.79 Å². The maximum Gasteiger partial charge on any atom is 0.307 e. The number of carboxylic acid groups (broad SMARTS) is 1. The number of nitrogens with one attached hydrogen (secondary N) is 1. The summed E-state index contributed by atoms with van der Waals surface area (Å²) in [4.78, 5) is 10.4. The van der Waals surface area contributed by atoms with Crippen molar-refractivity contribution in [3.63, 3.8) is 0 Å². The molecule has 0 saturated carbocycles.